The van der Waals surface area contributed by atoms with Crippen LogP contribution in [0.25, 0.3) is 0 Å². The summed E-state index contributed by atoms with van der Waals surface area (Å²) < 4.78 is 3.31. The molecule has 0 saturated heterocycles. The van der Waals surface area contributed by atoms with Gasteiger partial charge in [0.25, 0.3) is 0 Å². The molecule has 1 aliphatic carbocycles. The van der Waals surface area contributed by atoms with Gasteiger partial charge in [-0.3, -0.25) is 0 Å². The van der Waals surface area contributed by atoms with Crippen LogP contribution in [0.3, 0.4) is 0 Å². The largest absolute Gasteiger partial charge is 0.398 e. The van der Waals surface area contributed by atoms with E-state index in [1.165, 1.54) is 18.5 Å². The Morgan fingerprint density at radius 1 is 1.44 bits per heavy atom. The number of aromatic nitrogens is 2. The van der Waals surface area contributed by atoms with Gasteiger partial charge >= 0.3 is 0 Å². The monoisotopic (exact) mass is 323 g/mol. The quantitative estimate of drug-likeness (QED) is 0.686. The van der Waals surface area contributed by atoms with Crippen molar-refractivity contribution in [3.05, 3.63) is 40.9 Å². The highest BCUT2D eigenvalue weighted by atomic mass is 79.9. The van der Waals surface area contributed by atoms with Crippen molar-refractivity contribution in [1.82, 2.24) is 9.55 Å². The molecular formula is C13H14BrN3S. The van der Waals surface area contributed by atoms with E-state index >= 15 is 0 Å². The number of nitrogen functional groups attached to an aromatic ring is 1. The van der Waals surface area contributed by atoms with Crippen LogP contribution in [0.4, 0.5) is 5.69 Å². The second kappa shape index (κ2) is 4.97. The Labute approximate surface area is 119 Å². The Morgan fingerprint density at radius 2 is 2.28 bits per heavy atom. The lowest BCUT2D eigenvalue weighted by atomic mass is 10.3. The SMILES string of the molecule is Nc1cc(Br)ccc1SCc1cncn1C1CC1. The summed E-state index contributed by atoms with van der Waals surface area (Å²) >= 11 is 5.19. The number of hydrogen-bond donors (Lipinski definition) is 1. The van der Waals surface area contributed by atoms with E-state index in [2.05, 4.69) is 31.5 Å². The fourth-order valence-electron chi connectivity index (χ4n) is 1.93. The zero-order valence-corrected chi connectivity index (χ0v) is 12.2. The third-order valence-corrected chi connectivity index (χ3v) is 4.65. The van der Waals surface area contributed by atoms with E-state index in [0.717, 1.165) is 20.8 Å². The normalized spacial score (nSPS) is 14.9. The minimum absolute atomic E-state index is 0.686. The highest BCUT2D eigenvalue weighted by molar-refractivity contribution is 9.10. The van der Waals surface area contributed by atoms with Crippen molar-refractivity contribution in [2.75, 3.05) is 5.73 Å². The first kappa shape index (κ1) is 12.1. The second-order valence-electron chi connectivity index (χ2n) is 4.49. The predicted octanol–water partition coefficient (Wildman–Crippen LogP) is 3.86. The molecule has 5 heteroatoms. The van der Waals surface area contributed by atoms with Gasteiger partial charge in [0.15, 0.2) is 0 Å². The molecule has 0 aliphatic heterocycles. The van der Waals surface area contributed by atoms with Crippen molar-refractivity contribution < 1.29 is 0 Å². The summed E-state index contributed by atoms with van der Waals surface area (Å²) in [5, 5.41) is 0. The standard InChI is InChI=1S/C13H14BrN3S/c14-9-1-4-13(12(15)5-9)18-7-11-6-16-8-17(11)10-2-3-10/h1,4-6,8,10H,2-3,7,15H2. The molecule has 18 heavy (non-hydrogen) atoms. The van der Waals surface area contributed by atoms with Crippen molar-refractivity contribution in [3.63, 3.8) is 0 Å². The molecule has 2 N–H and O–H groups in total. The van der Waals surface area contributed by atoms with Gasteiger partial charge in [0.05, 0.1) is 6.33 Å². The first-order valence-corrected chi connectivity index (χ1v) is 7.70. The number of nitrogens with zero attached hydrogens (tertiary/aromatic N) is 2. The van der Waals surface area contributed by atoms with Crippen molar-refractivity contribution in [1.29, 1.82) is 0 Å². The summed E-state index contributed by atoms with van der Waals surface area (Å²) in [6.07, 6.45) is 6.47. The van der Waals surface area contributed by atoms with Gasteiger partial charge in [-0.05, 0) is 31.0 Å². The van der Waals surface area contributed by atoms with Crippen LogP contribution in [0.15, 0.2) is 40.1 Å². The lowest BCUT2D eigenvalue weighted by molar-refractivity contribution is 0.714. The van der Waals surface area contributed by atoms with Crippen molar-refractivity contribution in [3.8, 4) is 0 Å². The summed E-state index contributed by atoms with van der Waals surface area (Å²) in [5.74, 6) is 0.919. The molecule has 0 atom stereocenters. The summed E-state index contributed by atoms with van der Waals surface area (Å²) in [7, 11) is 0. The average molecular weight is 324 g/mol. The van der Waals surface area contributed by atoms with E-state index < -0.39 is 0 Å². The maximum Gasteiger partial charge on any atom is 0.0951 e. The smallest absolute Gasteiger partial charge is 0.0951 e. The van der Waals surface area contributed by atoms with Crippen LogP contribution in [0.5, 0.6) is 0 Å². The van der Waals surface area contributed by atoms with Crippen molar-refractivity contribution >= 4 is 33.4 Å². The molecular weight excluding hydrogens is 310 g/mol. The fraction of sp³-hybridized carbons (Fsp3) is 0.308. The van der Waals surface area contributed by atoms with Crippen molar-refractivity contribution in [2.45, 2.75) is 29.5 Å². The van der Waals surface area contributed by atoms with Crippen LogP contribution in [0.2, 0.25) is 0 Å². The zero-order chi connectivity index (χ0) is 12.5. The van der Waals surface area contributed by atoms with Gasteiger partial charge in [-0.25, -0.2) is 4.98 Å². The van der Waals surface area contributed by atoms with E-state index in [0.29, 0.717) is 6.04 Å². The van der Waals surface area contributed by atoms with Gasteiger partial charge in [-0.15, -0.1) is 11.8 Å². The Kier molecular flexibility index (Phi) is 3.35. The van der Waals surface area contributed by atoms with Crippen LogP contribution < -0.4 is 5.73 Å². The number of benzene rings is 1. The Morgan fingerprint density at radius 3 is 3.00 bits per heavy atom. The molecule has 1 aromatic heterocycles. The number of nitrogens with two attached hydrogens (primary N) is 1. The lowest BCUT2D eigenvalue weighted by Crippen LogP contribution is -1.97. The second-order valence-corrected chi connectivity index (χ2v) is 6.43. The molecule has 0 radical (unpaired) electrons. The molecule has 3 rings (SSSR count). The molecule has 0 bridgehead atoms. The maximum atomic E-state index is 6.00. The molecule has 0 amide bonds. The molecule has 1 saturated carbocycles. The first-order chi connectivity index (χ1) is 8.74. The van der Waals surface area contributed by atoms with E-state index in [1.807, 2.05) is 24.7 Å². The summed E-state index contributed by atoms with van der Waals surface area (Å²) in [6, 6.07) is 6.71. The van der Waals surface area contributed by atoms with E-state index in [1.54, 1.807) is 11.8 Å². The highest BCUT2D eigenvalue weighted by Crippen LogP contribution is 2.37. The van der Waals surface area contributed by atoms with Crippen molar-refractivity contribution in [2.24, 2.45) is 0 Å². The maximum absolute atomic E-state index is 6.00. The van der Waals surface area contributed by atoms with Gasteiger partial charge in [0, 0.05) is 38.7 Å². The number of hydrogen-bond acceptors (Lipinski definition) is 3. The number of thioether (sulfide) groups is 1. The van der Waals surface area contributed by atoms with E-state index in [-0.39, 0.29) is 0 Å². The molecule has 0 spiro atoms. The number of imidazole rings is 1. The third-order valence-electron chi connectivity index (χ3n) is 3.03. The molecule has 2 aromatic rings. The minimum atomic E-state index is 0.686. The molecule has 1 fully saturated rings. The van der Waals surface area contributed by atoms with Gasteiger partial charge in [0.1, 0.15) is 0 Å². The molecule has 94 valence electrons. The highest BCUT2D eigenvalue weighted by Gasteiger charge is 2.25. The van der Waals surface area contributed by atoms with Crippen LogP contribution >= 0.6 is 27.7 Å². The predicted molar refractivity (Wildman–Crippen MR) is 78.6 cm³/mol. The van der Waals surface area contributed by atoms with Crippen LogP contribution in [-0.2, 0) is 5.75 Å². The van der Waals surface area contributed by atoms with E-state index in [9.17, 15) is 0 Å². The van der Waals surface area contributed by atoms with Gasteiger partial charge < -0.3 is 10.3 Å². The van der Waals surface area contributed by atoms with Crippen LogP contribution in [0.1, 0.15) is 24.6 Å². The lowest BCUT2D eigenvalue weighted by Gasteiger charge is -2.08. The molecule has 1 heterocycles. The summed E-state index contributed by atoms with van der Waals surface area (Å²) in [4.78, 5) is 5.37. The van der Waals surface area contributed by atoms with Crippen LogP contribution in [-0.4, -0.2) is 9.55 Å². The summed E-state index contributed by atoms with van der Waals surface area (Å²) in [6.45, 7) is 0. The molecule has 1 aliphatic rings. The topological polar surface area (TPSA) is 43.8 Å². The molecule has 1 aromatic carbocycles. The summed E-state index contributed by atoms with van der Waals surface area (Å²) in [5.41, 5.74) is 8.11. The average Bonchev–Trinajstić information content (AvgIpc) is 3.08. The van der Waals surface area contributed by atoms with E-state index in [4.69, 9.17) is 5.73 Å². The minimum Gasteiger partial charge on any atom is -0.398 e. The molecule has 0 unspecified atom stereocenters. The molecule has 3 nitrogen and oxygen atoms in total. The fourth-order valence-corrected chi connectivity index (χ4v) is 3.22. The Bertz CT molecular complexity index is 563. The number of anilines is 1. The number of rotatable bonds is 4. The third kappa shape index (κ3) is 2.57. The number of halogens is 1. The van der Waals surface area contributed by atoms with Gasteiger partial charge in [0.2, 0.25) is 0 Å². The van der Waals surface area contributed by atoms with Gasteiger partial charge in [-0.1, -0.05) is 15.9 Å². The first-order valence-electron chi connectivity index (χ1n) is 5.92. The van der Waals surface area contributed by atoms with Crippen LogP contribution in [0, 0.1) is 0 Å². The van der Waals surface area contributed by atoms with Gasteiger partial charge in [-0.2, -0.15) is 0 Å². The Balaban J connectivity index is 1.71. The zero-order valence-electron chi connectivity index (χ0n) is 9.84. The Hall–Kier alpha value is -0.940.